The quantitative estimate of drug-likeness (QED) is 0.556. The highest BCUT2D eigenvalue weighted by Gasteiger charge is 2.16. The molecule has 0 aliphatic carbocycles. The van der Waals surface area contributed by atoms with E-state index in [0.29, 0.717) is 34.1 Å². The summed E-state index contributed by atoms with van der Waals surface area (Å²) in [6, 6.07) is 7.76. The van der Waals surface area contributed by atoms with Crippen molar-refractivity contribution in [2.24, 2.45) is 0 Å². The van der Waals surface area contributed by atoms with Crippen molar-refractivity contribution in [2.45, 2.75) is 0 Å². The fraction of sp³-hybridized carbons (Fsp3) is 0.250. The van der Waals surface area contributed by atoms with Gasteiger partial charge in [0.1, 0.15) is 11.6 Å². The van der Waals surface area contributed by atoms with Gasteiger partial charge in [-0.15, -0.1) is 0 Å². The van der Waals surface area contributed by atoms with Gasteiger partial charge in [0.25, 0.3) is 0 Å². The van der Waals surface area contributed by atoms with Crippen molar-refractivity contribution < 1.29 is 23.4 Å². The van der Waals surface area contributed by atoms with Crippen LogP contribution in [0.3, 0.4) is 0 Å². The van der Waals surface area contributed by atoms with Gasteiger partial charge < -0.3 is 19.1 Å². The Balaban J connectivity index is 2.36. The van der Waals surface area contributed by atoms with Crippen molar-refractivity contribution >= 4 is 17.5 Å². The van der Waals surface area contributed by atoms with Crippen molar-refractivity contribution in [2.75, 3.05) is 40.3 Å². The van der Waals surface area contributed by atoms with Gasteiger partial charge in [-0.05, 0) is 36.4 Å². The van der Waals surface area contributed by atoms with Crippen LogP contribution in [0.2, 0.25) is 0 Å². The fourth-order valence-corrected chi connectivity index (χ4v) is 2.45. The largest absolute Gasteiger partial charge is 0.497 e. The van der Waals surface area contributed by atoms with E-state index in [9.17, 15) is 9.18 Å². The zero-order valence-electron chi connectivity index (χ0n) is 15.5. The number of hydrogen-bond donors (Lipinski definition) is 0. The molecule has 2 aromatic rings. The number of benzene rings is 2. The molecule has 0 aromatic heterocycles. The van der Waals surface area contributed by atoms with Crippen LogP contribution in [0.1, 0.15) is 15.9 Å². The minimum atomic E-state index is -0.463. The standard InChI is InChI=1S/C20H22FNO4/c1-22(2)17-10-14(11-19(25-4)20(17)26-5)18(23)9-7-13-6-8-15(24-3)12-16(13)21/h6-12H,1-5H3/b9-7+. The van der Waals surface area contributed by atoms with E-state index < -0.39 is 5.82 Å². The molecule has 0 N–H and O–H groups in total. The third-order valence-corrected chi connectivity index (χ3v) is 3.85. The van der Waals surface area contributed by atoms with Crippen molar-refractivity contribution in [1.82, 2.24) is 0 Å². The Hall–Kier alpha value is -3.02. The van der Waals surface area contributed by atoms with E-state index in [1.165, 1.54) is 32.4 Å². The number of rotatable bonds is 7. The molecule has 0 bridgehead atoms. The molecule has 0 amide bonds. The summed E-state index contributed by atoms with van der Waals surface area (Å²) in [5.74, 6) is 0.672. The lowest BCUT2D eigenvalue weighted by Gasteiger charge is -2.19. The number of ether oxygens (including phenoxy) is 3. The maximum Gasteiger partial charge on any atom is 0.186 e. The molecule has 0 heterocycles. The van der Waals surface area contributed by atoms with Crippen LogP contribution in [0.25, 0.3) is 6.08 Å². The minimum absolute atomic E-state index is 0.274. The van der Waals surface area contributed by atoms with Crippen LogP contribution in [0.15, 0.2) is 36.4 Å². The van der Waals surface area contributed by atoms with Crippen molar-refractivity contribution in [3.63, 3.8) is 0 Å². The van der Waals surface area contributed by atoms with E-state index >= 15 is 0 Å². The van der Waals surface area contributed by atoms with E-state index in [2.05, 4.69) is 0 Å². The first-order chi connectivity index (χ1) is 12.4. The number of allylic oxidation sites excluding steroid dienone is 1. The second kappa shape index (κ2) is 8.38. The molecule has 0 aliphatic rings. The first kappa shape index (κ1) is 19.3. The molecule has 0 unspecified atom stereocenters. The topological polar surface area (TPSA) is 48.0 Å². The molecule has 138 valence electrons. The average molecular weight is 359 g/mol. The Kier molecular flexibility index (Phi) is 6.22. The number of carbonyl (C=O) groups excluding carboxylic acids is 1. The van der Waals surface area contributed by atoms with Gasteiger partial charge in [0.2, 0.25) is 0 Å². The number of halogens is 1. The molecule has 0 saturated carbocycles. The molecular formula is C20H22FNO4. The Morgan fingerprint density at radius 1 is 1.04 bits per heavy atom. The first-order valence-corrected chi connectivity index (χ1v) is 7.90. The van der Waals surface area contributed by atoms with Gasteiger partial charge in [-0.3, -0.25) is 4.79 Å². The smallest absolute Gasteiger partial charge is 0.186 e. The number of hydrogen-bond acceptors (Lipinski definition) is 5. The van der Waals surface area contributed by atoms with E-state index in [4.69, 9.17) is 14.2 Å². The van der Waals surface area contributed by atoms with Gasteiger partial charge in [0.05, 0.1) is 27.0 Å². The van der Waals surface area contributed by atoms with E-state index in [-0.39, 0.29) is 5.78 Å². The molecule has 0 aliphatic heterocycles. The van der Waals surface area contributed by atoms with Gasteiger partial charge in [-0.2, -0.15) is 0 Å². The van der Waals surface area contributed by atoms with E-state index in [1.807, 2.05) is 19.0 Å². The zero-order chi connectivity index (χ0) is 19.3. The molecular weight excluding hydrogens is 337 g/mol. The fourth-order valence-electron chi connectivity index (χ4n) is 2.45. The number of carbonyl (C=O) groups is 1. The SMILES string of the molecule is COc1ccc(/C=C/C(=O)c2cc(OC)c(OC)c(N(C)C)c2)c(F)c1. The summed E-state index contributed by atoms with van der Waals surface area (Å²) in [4.78, 5) is 14.4. The van der Waals surface area contributed by atoms with Gasteiger partial charge >= 0.3 is 0 Å². The van der Waals surface area contributed by atoms with Crippen LogP contribution in [0.4, 0.5) is 10.1 Å². The van der Waals surface area contributed by atoms with Gasteiger partial charge in [-0.1, -0.05) is 0 Å². The Morgan fingerprint density at radius 2 is 1.77 bits per heavy atom. The van der Waals surface area contributed by atoms with Crippen molar-refractivity contribution in [1.29, 1.82) is 0 Å². The number of ketones is 1. The normalized spacial score (nSPS) is 10.7. The second-order valence-electron chi connectivity index (χ2n) is 5.71. The molecule has 6 heteroatoms. The highest BCUT2D eigenvalue weighted by atomic mass is 19.1. The molecule has 0 fully saturated rings. The van der Waals surface area contributed by atoms with Crippen LogP contribution in [0, 0.1) is 5.82 Å². The van der Waals surface area contributed by atoms with Gasteiger partial charge in [0, 0.05) is 31.3 Å². The Morgan fingerprint density at radius 3 is 2.31 bits per heavy atom. The average Bonchev–Trinajstić information content (AvgIpc) is 2.65. The molecule has 2 aromatic carbocycles. The van der Waals surface area contributed by atoms with Gasteiger partial charge in [-0.25, -0.2) is 4.39 Å². The summed E-state index contributed by atoms with van der Waals surface area (Å²) < 4.78 is 29.7. The lowest BCUT2D eigenvalue weighted by molar-refractivity contribution is 0.104. The molecule has 0 atom stereocenters. The van der Waals surface area contributed by atoms with Crippen LogP contribution in [-0.2, 0) is 0 Å². The minimum Gasteiger partial charge on any atom is -0.497 e. The van der Waals surface area contributed by atoms with Gasteiger partial charge in [0.15, 0.2) is 17.3 Å². The Bertz CT molecular complexity index is 831. The summed E-state index contributed by atoms with van der Waals surface area (Å²) in [5, 5.41) is 0. The zero-order valence-corrected chi connectivity index (χ0v) is 15.5. The van der Waals surface area contributed by atoms with Crippen LogP contribution >= 0.6 is 0 Å². The highest BCUT2D eigenvalue weighted by molar-refractivity contribution is 6.08. The maximum atomic E-state index is 14.0. The first-order valence-electron chi connectivity index (χ1n) is 7.90. The van der Waals surface area contributed by atoms with Crippen LogP contribution in [-0.4, -0.2) is 41.2 Å². The second-order valence-corrected chi connectivity index (χ2v) is 5.71. The summed E-state index contributed by atoms with van der Waals surface area (Å²) in [6.07, 6.45) is 2.76. The highest BCUT2D eigenvalue weighted by Crippen LogP contribution is 2.38. The monoisotopic (exact) mass is 359 g/mol. The predicted molar refractivity (Wildman–Crippen MR) is 100 cm³/mol. The maximum absolute atomic E-state index is 14.0. The Labute approximate surface area is 152 Å². The third-order valence-electron chi connectivity index (χ3n) is 3.85. The molecule has 0 radical (unpaired) electrons. The van der Waals surface area contributed by atoms with Crippen molar-refractivity contribution in [3.8, 4) is 17.2 Å². The molecule has 0 saturated heterocycles. The lowest BCUT2D eigenvalue weighted by Crippen LogP contribution is -2.12. The summed E-state index contributed by atoms with van der Waals surface area (Å²) in [6.45, 7) is 0. The van der Waals surface area contributed by atoms with Crippen molar-refractivity contribution in [3.05, 3.63) is 53.4 Å². The number of anilines is 1. The van der Waals surface area contributed by atoms with E-state index in [0.717, 1.165) is 0 Å². The summed E-state index contributed by atoms with van der Waals surface area (Å²) >= 11 is 0. The number of methoxy groups -OCH3 is 3. The summed E-state index contributed by atoms with van der Waals surface area (Å²) in [7, 11) is 8.20. The predicted octanol–water partition coefficient (Wildman–Crippen LogP) is 3.81. The molecule has 5 nitrogen and oxygen atoms in total. The number of nitrogens with zero attached hydrogens (tertiary/aromatic N) is 1. The van der Waals surface area contributed by atoms with E-state index in [1.54, 1.807) is 31.4 Å². The summed E-state index contributed by atoms with van der Waals surface area (Å²) in [5.41, 5.74) is 1.42. The third kappa shape index (κ3) is 4.14. The van der Waals surface area contributed by atoms with Crippen LogP contribution < -0.4 is 19.1 Å². The lowest BCUT2D eigenvalue weighted by atomic mass is 10.1. The molecule has 0 spiro atoms. The van der Waals surface area contributed by atoms with Crippen LogP contribution in [0.5, 0.6) is 17.2 Å². The molecule has 2 rings (SSSR count). The molecule has 26 heavy (non-hydrogen) atoms.